The van der Waals surface area contributed by atoms with Gasteiger partial charge in [0.2, 0.25) is 10.0 Å². The Morgan fingerprint density at radius 1 is 1.12 bits per heavy atom. The average molecular weight is 626 g/mol. The maximum atomic E-state index is 12.5. The summed E-state index contributed by atoms with van der Waals surface area (Å²) in [5, 5.41) is 24.4. The molecule has 0 aliphatic heterocycles. The van der Waals surface area contributed by atoms with Gasteiger partial charge in [-0.2, -0.15) is 13.2 Å². The van der Waals surface area contributed by atoms with E-state index in [4.69, 9.17) is 17.3 Å². The van der Waals surface area contributed by atoms with Crippen molar-refractivity contribution < 1.29 is 36.6 Å². The van der Waals surface area contributed by atoms with Gasteiger partial charge < -0.3 is 25.8 Å². The monoisotopic (exact) mass is 625 g/mol. The first-order valence-corrected chi connectivity index (χ1v) is 14.4. The Morgan fingerprint density at radius 3 is 2.40 bits per heavy atom. The molecule has 4 rings (SSSR count). The summed E-state index contributed by atoms with van der Waals surface area (Å²) in [6.07, 6.45) is -3.95. The van der Waals surface area contributed by atoms with E-state index in [1.165, 1.54) is 29.0 Å². The zero-order valence-electron chi connectivity index (χ0n) is 22.1. The number of nitrogens with zero attached hydrogens (tertiary/aromatic N) is 2. The van der Waals surface area contributed by atoms with Gasteiger partial charge in [-0.1, -0.05) is 29.8 Å². The number of rotatable bonds is 11. The van der Waals surface area contributed by atoms with Crippen molar-refractivity contribution in [3.8, 4) is 0 Å². The van der Waals surface area contributed by atoms with Crippen molar-refractivity contribution in [1.82, 2.24) is 19.6 Å². The molecule has 0 saturated heterocycles. The van der Waals surface area contributed by atoms with Crippen LogP contribution in [0.15, 0.2) is 65.7 Å². The Bertz CT molecular complexity index is 1710. The Balaban J connectivity index is 1.47. The first-order chi connectivity index (χ1) is 19.6. The predicted molar refractivity (Wildman–Crippen MR) is 151 cm³/mol. The fourth-order valence-electron chi connectivity index (χ4n) is 4.46. The number of sulfonamides is 1. The molecule has 4 aromatic rings. The average Bonchev–Trinajstić information content (AvgIpc) is 3.25. The molecule has 2 aromatic carbocycles. The number of anilines is 1. The summed E-state index contributed by atoms with van der Waals surface area (Å²) in [7, 11) is -4.80. The Kier molecular flexibility index (Phi) is 9.13. The van der Waals surface area contributed by atoms with E-state index in [0.717, 1.165) is 17.7 Å². The third kappa shape index (κ3) is 7.57. The second-order valence-electron chi connectivity index (χ2n) is 9.73. The first kappa shape index (κ1) is 31.3. The van der Waals surface area contributed by atoms with E-state index in [2.05, 4.69) is 10.3 Å². The lowest BCUT2D eigenvalue weighted by molar-refractivity contribution is -0.138. The number of pyridine rings is 1. The SMILES string of the molecule is CC(Cc1ccc2c(c1)cc(C(=O)O)n2Cc1ccc(S(=O)(=O)NC(F)(F)F)cc1)NCC(O)c1cnc(N)c(Cl)c1. The van der Waals surface area contributed by atoms with E-state index < -0.39 is 33.3 Å². The number of hydrogen-bond acceptors (Lipinski definition) is 7. The van der Waals surface area contributed by atoms with Crippen molar-refractivity contribution in [3.05, 3.63) is 88.2 Å². The van der Waals surface area contributed by atoms with E-state index in [0.29, 0.717) is 33.2 Å². The number of halogens is 4. The quantitative estimate of drug-likeness (QED) is 0.156. The van der Waals surface area contributed by atoms with Gasteiger partial charge in [-0.15, -0.1) is 4.72 Å². The topological polar surface area (TPSA) is 160 Å². The molecule has 0 saturated carbocycles. The fraction of sp³-hybridized carbons (Fsp3) is 0.259. The van der Waals surface area contributed by atoms with Crippen LogP contribution in [-0.2, 0) is 23.0 Å². The summed E-state index contributed by atoms with van der Waals surface area (Å²) < 4.78 is 63.6. The molecule has 2 heterocycles. The highest BCUT2D eigenvalue weighted by Crippen LogP contribution is 2.25. The number of nitrogens with one attached hydrogen (secondary N) is 2. The van der Waals surface area contributed by atoms with Crippen LogP contribution in [0.1, 0.15) is 40.2 Å². The summed E-state index contributed by atoms with van der Waals surface area (Å²) in [5.41, 5.74) is 8.12. The third-order valence-electron chi connectivity index (χ3n) is 6.49. The van der Waals surface area contributed by atoms with E-state index in [9.17, 15) is 36.6 Å². The van der Waals surface area contributed by atoms with E-state index in [-0.39, 0.29) is 35.7 Å². The summed E-state index contributed by atoms with van der Waals surface area (Å²) >= 11 is 5.98. The van der Waals surface area contributed by atoms with Crippen molar-refractivity contribution in [2.24, 2.45) is 0 Å². The van der Waals surface area contributed by atoms with Crippen LogP contribution in [0.4, 0.5) is 19.0 Å². The summed E-state index contributed by atoms with van der Waals surface area (Å²) in [4.78, 5) is 15.4. The van der Waals surface area contributed by atoms with Gasteiger partial charge in [-0.25, -0.2) is 18.2 Å². The van der Waals surface area contributed by atoms with Crippen molar-refractivity contribution in [3.63, 3.8) is 0 Å². The van der Waals surface area contributed by atoms with Crippen LogP contribution in [-0.4, -0.2) is 53.0 Å². The highest BCUT2D eigenvalue weighted by molar-refractivity contribution is 7.89. The molecule has 10 nitrogen and oxygen atoms in total. The molecule has 2 aromatic heterocycles. The molecule has 224 valence electrons. The smallest absolute Gasteiger partial charge is 0.470 e. The lowest BCUT2D eigenvalue weighted by Gasteiger charge is -2.18. The van der Waals surface area contributed by atoms with Crippen LogP contribution in [0.5, 0.6) is 0 Å². The lowest BCUT2D eigenvalue weighted by atomic mass is 10.0. The van der Waals surface area contributed by atoms with Gasteiger partial charge >= 0.3 is 12.3 Å². The minimum absolute atomic E-state index is 0.0114. The maximum Gasteiger partial charge on any atom is 0.470 e. The van der Waals surface area contributed by atoms with E-state index in [1.54, 1.807) is 12.1 Å². The number of benzene rings is 2. The number of carboxylic acids is 1. The van der Waals surface area contributed by atoms with Gasteiger partial charge in [0.1, 0.15) is 11.5 Å². The van der Waals surface area contributed by atoms with Crippen LogP contribution in [0.3, 0.4) is 0 Å². The normalized spacial score (nSPS) is 13.8. The molecule has 2 unspecified atom stereocenters. The second kappa shape index (κ2) is 12.3. The number of carbonyl (C=O) groups is 1. The van der Waals surface area contributed by atoms with Gasteiger partial charge in [-0.05, 0) is 60.9 Å². The minimum atomic E-state index is -5.12. The van der Waals surface area contributed by atoms with E-state index >= 15 is 0 Å². The molecule has 0 fully saturated rings. The van der Waals surface area contributed by atoms with Crippen molar-refractivity contribution in [2.45, 2.75) is 43.2 Å². The Morgan fingerprint density at radius 2 is 1.79 bits per heavy atom. The van der Waals surface area contributed by atoms with Crippen molar-refractivity contribution in [1.29, 1.82) is 0 Å². The zero-order valence-corrected chi connectivity index (χ0v) is 23.6. The molecule has 0 spiro atoms. The molecule has 0 aliphatic rings. The Labute approximate surface area is 244 Å². The van der Waals surface area contributed by atoms with Gasteiger partial charge in [0, 0.05) is 41.8 Å². The van der Waals surface area contributed by atoms with Gasteiger partial charge in [0.05, 0.1) is 16.0 Å². The predicted octanol–water partition coefficient (Wildman–Crippen LogP) is 4.07. The lowest BCUT2D eigenvalue weighted by Crippen LogP contribution is -2.37. The molecule has 15 heteroatoms. The number of aromatic nitrogens is 2. The molecule has 0 aliphatic carbocycles. The van der Waals surface area contributed by atoms with Crippen LogP contribution < -0.4 is 15.8 Å². The van der Waals surface area contributed by atoms with E-state index in [1.807, 2.05) is 19.1 Å². The second-order valence-corrected chi connectivity index (χ2v) is 11.8. The van der Waals surface area contributed by atoms with Crippen LogP contribution in [0.25, 0.3) is 10.9 Å². The number of aromatic carboxylic acids is 1. The van der Waals surface area contributed by atoms with Gasteiger partial charge in [0.15, 0.2) is 0 Å². The van der Waals surface area contributed by atoms with Crippen LogP contribution in [0.2, 0.25) is 5.02 Å². The summed E-state index contributed by atoms with van der Waals surface area (Å²) in [6, 6.07) is 13.2. The summed E-state index contributed by atoms with van der Waals surface area (Å²) in [5.74, 6) is -1.00. The third-order valence-corrected chi connectivity index (χ3v) is 8.18. The van der Waals surface area contributed by atoms with Crippen molar-refractivity contribution >= 4 is 44.3 Å². The number of nitrogens with two attached hydrogens (primary N) is 1. The number of aliphatic hydroxyl groups is 1. The zero-order chi connectivity index (χ0) is 30.8. The number of carboxylic acid groups (broad SMARTS) is 1. The minimum Gasteiger partial charge on any atom is -0.477 e. The first-order valence-electron chi connectivity index (χ1n) is 12.5. The van der Waals surface area contributed by atoms with Crippen LogP contribution >= 0.6 is 11.6 Å². The van der Waals surface area contributed by atoms with Gasteiger partial charge in [0.25, 0.3) is 0 Å². The van der Waals surface area contributed by atoms with Crippen LogP contribution in [0, 0.1) is 0 Å². The number of aliphatic hydroxyl groups excluding tert-OH is 1. The molecule has 0 amide bonds. The maximum absolute atomic E-state index is 12.5. The molecule has 6 N–H and O–H groups in total. The Hall–Kier alpha value is -3.69. The standard InChI is InChI=1S/C27H27ClF3N5O5S/c1-15(33-13-24(37)19-10-21(28)25(32)34-12-19)8-17-4-7-22-18(9-17)11-23(26(38)39)36(22)14-16-2-5-20(6-3-16)42(40,41)35-27(29,30)31/h2-7,9-12,15,24,33,35,37H,8,13-14H2,1H3,(H2,32,34)(H,38,39). The molecular weight excluding hydrogens is 599 g/mol. The van der Waals surface area contributed by atoms with Gasteiger partial charge in [-0.3, -0.25) is 0 Å². The largest absolute Gasteiger partial charge is 0.477 e. The molecule has 0 bridgehead atoms. The number of fused-ring (bicyclic) bond motifs is 1. The number of nitrogen functional groups attached to an aromatic ring is 1. The number of hydrogen-bond donors (Lipinski definition) is 5. The highest BCUT2D eigenvalue weighted by atomic mass is 35.5. The fourth-order valence-corrected chi connectivity index (χ4v) is 5.56. The molecule has 42 heavy (non-hydrogen) atoms. The van der Waals surface area contributed by atoms with Crippen molar-refractivity contribution in [2.75, 3.05) is 12.3 Å². The number of alkyl halides is 3. The highest BCUT2D eigenvalue weighted by Gasteiger charge is 2.34. The molecule has 2 atom stereocenters. The molecular formula is C27H27ClF3N5O5S. The molecule has 0 radical (unpaired) electrons. The summed E-state index contributed by atoms with van der Waals surface area (Å²) in [6.45, 7) is 2.21.